The number of carbonyl (C=O) groups is 1. The zero-order valence-electron chi connectivity index (χ0n) is 8.28. The summed E-state index contributed by atoms with van der Waals surface area (Å²) in [6.07, 6.45) is -0.695. The van der Waals surface area contributed by atoms with Crippen molar-refractivity contribution in [2.45, 2.75) is 38.6 Å². The number of ether oxygens (including phenoxy) is 1. The van der Waals surface area contributed by atoms with E-state index in [1.54, 1.807) is 6.92 Å². The molecule has 0 aliphatic carbocycles. The summed E-state index contributed by atoms with van der Waals surface area (Å²) >= 11 is 0. The molecule has 0 saturated carbocycles. The Balaban J connectivity index is 4.00. The van der Waals surface area contributed by atoms with Crippen molar-refractivity contribution in [2.24, 2.45) is 5.73 Å². The van der Waals surface area contributed by atoms with E-state index in [0.717, 1.165) is 0 Å². The van der Waals surface area contributed by atoms with E-state index >= 15 is 0 Å². The van der Waals surface area contributed by atoms with Crippen LogP contribution in [0, 0.1) is 0 Å². The summed E-state index contributed by atoms with van der Waals surface area (Å²) in [4.78, 5) is 10.8. The molecular formula is C8H18N2O3. The zero-order chi connectivity index (χ0) is 10.4. The minimum absolute atomic E-state index is 0.367. The van der Waals surface area contributed by atoms with Crippen LogP contribution in [0.25, 0.3) is 0 Å². The molecule has 0 aliphatic rings. The highest BCUT2D eigenvalue weighted by molar-refractivity contribution is 5.79. The average Bonchev–Trinajstić information content (AvgIpc) is 2.11. The number of hydrogen-bond acceptors (Lipinski definition) is 4. The molecule has 78 valence electrons. The van der Waals surface area contributed by atoms with Gasteiger partial charge in [0.25, 0.3) is 0 Å². The van der Waals surface area contributed by atoms with Crippen molar-refractivity contribution in [3.05, 3.63) is 0 Å². The lowest BCUT2D eigenvalue weighted by atomic mass is 10.2. The monoisotopic (exact) mass is 190 g/mol. The molecule has 0 aromatic rings. The van der Waals surface area contributed by atoms with E-state index in [-0.39, 0.29) is 6.10 Å². The molecule has 4 N–H and O–H groups in total. The van der Waals surface area contributed by atoms with E-state index in [1.807, 2.05) is 6.92 Å². The van der Waals surface area contributed by atoms with Gasteiger partial charge in [0, 0.05) is 7.11 Å². The number of primary amides is 1. The molecule has 0 spiro atoms. The van der Waals surface area contributed by atoms with Gasteiger partial charge in [-0.3, -0.25) is 10.1 Å². The van der Waals surface area contributed by atoms with Crippen LogP contribution in [0.5, 0.6) is 0 Å². The Labute approximate surface area is 78.3 Å². The molecule has 0 fully saturated rings. The largest absolute Gasteiger partial charge is 0.378 e. The molecule has 0 rings (SSSR count). The number of aliphatic hydroxyl groups excluding tert-OH is 1. The third kappa shape index (κ3) is 4.21. The second-order valence-electron chi connectivity index (χ2n) is 2.92. The molecule has 1 amide bonds. The fraction of sp³-hybridized carbons (Fsp3) is 0.875. The van der Waals surface area contributed by atoms with Gasteiger partial charge in [0.05, 0.1) is 12.1 Å². The second kappa shape index (κ2) is 5.90. The number of rotatable bonds is 6. The summed E-state index contributed by atoms with van der Waals surface area (Å²) in [5.41, 5.74) is 5.08. The van der Waals surface area contributed by atoms with E-state index in [9.17, 15) is 9.90 Å². The first-order valence-electron chi connectivity index (χ1n) is 4.29. The normalized spacial score (nSPS) is 17.8. The Morgan fingerprint density at radius 3 is 2.54 bits per heavy atom. The van der Waals surface area contributed by atoms with E-state index < -0.39 is 18.2 Å². The first-order valence-corrected chi connectivity index (χ1v) is 4.29. The first kappa shape index (κ1) is 12.3. The molecule has 0 aliphatic heterocycles. The predicted octanol–water partition coefficient (Wildman–Crippen LogP) is -0.807. The van der Waals surface area contributed by atoms with Crippen molar-refractivity contribution >= 4 is 5.91 Å². The Morgan fingerprint density at radius 2 is 2.23 bits per heavy atom. The van der Waals surface area contributed by atoms with E-state index in [1.165, 1.54) is 7.11 Å². The number of hydrogen-bond donors (Lipinski definition) is 3. The van der Waals surface area contributed by atoms with Gasteiger partial charge in [-0.1, -0.05) is 6.92 Å². The minimum Gasteiger partial charge on any atom is -0.378 e. The fourth-order valence-corrected chi connectivity index (χ4v) is 0.872. The molecule has 5 nitrogen and oxygen atoms in total. The van der Waals surface area contributed by atoms with Crippen LogP contribution in [-0.4, -0.2) is 36.5 Å². The molecule has 0 radical (unpaired) electrons. The number of aliphatic hydroxyl groups is 1. The molecule has 0 heterocycles. The van der Waals surface area contributed by atoms with Crippen LogP contribution in [-0.2, 0) is 9.53 Å². The summed E-state index contributed by atoms with van der Waals surface area (Å²) in [5, 5.41) is 12.1. The molecular weight excluding hydrogens is 172 g/mol. The number of methoxy groups -OCH3 is 1. The van der Waals surface area contributed by atoms with Gasteiger partial charge in [-0.15, -0.1) is 0 Å². The third-order valence-corrected chi connectivity index (χ3v) is 1.94. The van der Waals surface area contributed by atoms with E-state index in [0.29, 0.717) is 6.42 Å². The lowest BCUT2D eigenvalue weighted by molar-refractivity contribution is -0.122. The molecule has 0 saturated heterocycles. The zero-order valence-corrected chi connectivity index (χ0v) is 8.28. The van der Waals surface area contributed by atoms with Crippen LogP contribution in [0.1, 0.15) is 20.3 Å². The SMILES string of the molecule is CC[C@H](NC(O)C(C)OC)C(N)=O. The standard InChI is InChI=1S/C8H18N2O3/c1-4-6(7(9)11)10-8(12)5(2)13-3/h5-6,8,10,12H,4H2,1-3H3,(H2,9,11)/t5?,6-,8?/m0/s1. The summed E-state index contributed by atoms with van der Waals surface area (Å²) in [5.74, 6) is -0.468. The maximum atomic E-state index is 10.8. The first-order chi connectivity index (χ1) is 6.02. The lowest BCUT2D eigenvalue weighted by Crippen LogP contribution is -2.50. The van der Waals surface area contributed by atoms with Crippen molar-refractivity contribution in [1.29, 1.82) is 0 Å². The van der Waals surface area contributed by atoms with Gasteiger partial charge in [-0.05, 0) is 13.3 Å². The maximum absolute atomic E-state index is 10.8. The maximum Gasteiger partial charge on any atom is 0.234 e. The van der Waals surface area contributed by atoms with Crippen LogP contribution in [0.2, 0.25) is 0 Å². The highest BCUT2D eigenvalue weighted by Crippen LogP contribution is 1.97. The summed E-state index contributed by atoms with van der Waals surface area (Å²) in [6.45, 7) is 3.51. The van der Waals surface area contributed by atoms with Gasteiger partial charge in [-0.2, -0.15) is 0 Å². The molecule has 3 atom stereocenters. The number of nitrogens with two attached hydrogens (primary N) is 1. The smallest absolute Gasteiger partial charge is 0.234 e. The minimum atomic E-state index is -0.873. The Kier molecular flexibility index (Phi) is 5.61. The van der Waals surface area contributed by atoms with Crippen molar-refractivity contribution in [3.63, 3.8) is 0 Å². The van der Waals surface area contributed by atoms with E-state index in [4.69, 9.17) is 10.5 Å². The fourth-order valence-electron chi connectivity index (χ4n) is 0.872. The Hall–Kier alpha value is -0.650. The van der Waals surface area contributed by atoms with Gasteiger partial charge in [0.1, 0.15) is 6.23 Å². The van der Waals surface area contributed by atoms with Gasteiger partial charge in [0.2, 0.25) is 5.91 Å². The number of nitrogens with one attached hydrogen (secondary N) is 1. The van der Waals surface area contributed by atoms with E-state index in [2.05, 4.69) is 5.32 Å². The van der Waals surface area contributed by atoms with Crippen LogP contribution in [0.15, 0.2) is 0 Å². The number of amides is 1. The van der Waals surface area contributed by atoms with Gasteiger partial charge in [0.15, 0.2) is 0 Å². The van der Waals surface area contributed by atoms with Gasteiger partial charge < -0.3 is 15.6 Å². The van der Waals surface area contributed by atoms with Gasteiger partial charge in [-0.25, -0.2) is 0 Å². The van der Waals surface area contributed by atoms with Crippen LogP contribution in [0.4, 0.5) is 0 Å². The van der Waals surface area contributed by atoms with Crippen molar-refractivity contribution < 1.29 is 14.6 Å². The molecule has 0 aromatic heterocycles. The van der Waals surface area contributed by atoms with Crippen LogP contribution < -0.4 is 11.1 Å². The summed E-state index contributed by atoms with van der Waals surface area (Å²) in [7, 11) is 1.49. The quantitative estimate of drug-likeness (QED) is 0.478. The predicted molar refractivity (Wildman–Crippen MR) is 48.9 cm³/mol. The summed E-state index contributed by atoms with van der Waals surface area (Å²) in [6, 6.07) is -0.507. The summed E-state index contributed by atoms with van der Waals surface area (Å²) < 4.78 is 4.87. The topological polar surface area (TPSA) is 84.6 Å². The highest BCUT2D eigenvalue weighted by atomic mass is 16.5. The number of carbonyl (C=O) groups excluding carboxylic acids is 1. The highest BCUT2D eigenvalue weighted by Gasteiger charge is 2.20. The Morgan fingerprint density at radius 1 is 1.69 bits per heavy atom. The van der Waals surface area contributed by atoms with Crippen LogP contribution >= 0.6 is 0 Å². The average molecular weight is 190 g/mol. The second-order valence-corrected chi connectivity index (χ2v) is 2.92. The molecule has 5 heteroatoms. The lowest BCUT2D eigenvalue weighted by Gasteiger charge is -2.22. The van der Waals surface area contributed by atoms with Crippen molar-refractivity contribution in [3.8, 4) is 0 Å². The molecule has 2 unspecified atom stereocenters. The Bertz CT molecular complexity index is 163. The van der Waals surface area contributed by atoms with Crippen molar-refractivity contribution in [2.75, 3.05) is 7.11 Å². The molecule has 0 bridgehead atoms. The van der Waals surface area contributed by atoms with Crippen molar-refractivity contribution in [1.82, 2.24) is 5.32 Å². The van der Waals surface area contributed by atoms with Crippen LogP contribution in [0.3, 0.4) is 0 Å². The molecule has 0 aromatic carbocycles. The van der Waals surface area contributed by atoms with Gasteiger partial charge >= 0.3 is 0 Å². The molecule has 13 heavy (non-hydrogen) atoms. The third-order valence-electron chi connectivity index (χ3n) is 1.94.